The van der Waals surface area contributed by atoms with Crippen molar-refractivity contribution >= 4 is 47.1 Å². The van der Waals surface area contributed by atoms with Gasteiger partial charge in [-0.15, -0.1) is 0 Å². The predicted molar refractivity (Wildman–Crippen MR) is 194 cm³/mol. The van der Waals surface area contributed by atoms with Crippen LogP contribution in [-0.2, 0) is 52.7 Å². The molecule has 0 spiro atoms. The lowest BCUT2D eigenvalue weighted by atomic mass is 10.0. The molecule has 0 fully saturated rings. The van der Waals surface area contributed by atoms with Gasteiger partial charge in [0.2, 0.25) is 24.1 Å². The fourth-order valence-electron chi connectivity index (χ4n) is 5.56. The third-order valence-electron chi connectivity index (χ3n) is 8.04. The lowest BCUT2D eigenvalue weighted by Crippen LogP contribution is -2.57. The highest BCUT2D eigenvalue weighted by Crippen LogP contribution is 2.22. The average molecular weight is 712 g/mol. The molecule has 13 nitrogen and oxygen atoms in total. The third-order valence-corrected chi connectivity index (χ3v) is 8.04. The summed E-state index contributed by atoms with van der Waals surface area (Å²) in [5, 5.41) is 8.62. The number of fused-ring (bicyclic) bond motifs is 1. The molecular weight excluding hydrogens is 666 g/mol. The Balaban J connectivity index is 1.62. The largest absolute Gasteiger partial charge is 0.464 e. The Morgan fingerprint density at radius 1 is 0.769 bits per heavy atom. The van der Waals surface area contributed by atoms with Crippen molar-refractivity contribution in [1.82, 2.24) is 20.5 Å². The molecule has 0 aliphatic rings. The van der Waals surface area contributed by atoms with Gasteiger partial charge in [-0.3, -0.25) is 23.7 Å². The zero-order valence-electron chi connectivity index (χ0n) is 29.5. The van der Waals surface area contributed by atoms with Gasteiger partial charge in [-0.2, -0.15) is 0 Å². The molecule has 0 aliphatic heterocycles. The Hall–Kier alpha value is -5.98. The van der Waals surface area contributed by atoms with Gasteiger partial charge in [0.05, 0.1) is 12.1 Å². The topological polar surface area (TPSA) is 188 Å². The molecule has 0 radical (unpaired) electrons. The Labute approximate surface area is 302 Å². The first-order valence-corrected chi connectivity index (χ1v) is 17.0. The molecule has 0 bridgehead atoms. The van der Waals surface area contributed by atoms with Crippen LogP contribution in [0.5, 0.6) is 0 Å². The first-order chi connectivity index (χ1) is 24.8. The second-order valence-corrected chi connectivity index (χ2v) is 13.3. The minimum Gasteiger partial charge on any atom is -0.464 e. The monoisotopic (exact) mass is 711 g/mol. The Morgan fingerprint density at radius 3 is 2.00 bits per heavy atom. The van der Waals surface area contributed by atoms with Crippen LogP contribution in [0.15, 0.2) is 91.1 Å². The molecule has 274 valence electrons. The number of nitrogens with one attached hydrogen (secondary N) is 3. The molecule has 4 rings (SSSR count). The smallest absolute Gasteiger partial charge is 0.408 e. The summed E-state index contributed by atoms with van der Waals surface area (Å²) in [5.41, 5.74) is 7.35. The number of benzene rings is 3. The van der Waals surface area contributed by atoms with E-state index in [2.05, 4.69) is 16.0 Å². The SMILES string of the molecule is CC(C)(C)OC(=O)N[C@@H](CCC(N)=O)C(=O)N[C@H](Cc1cn(C=O)c2ccccc12)C(=O)N[C@@H](Cc1ccccc1)C(=O)OCCc1ccccc1. The summed E-state index contributed by atoms with van der Waals surface area (Å²) in [6.45, 7) is 5.03. The number of para-hydroxylation sites is 1. The number of amides is 4. The quantitative estimate of drug-likeness (QED) is 0.0948. The van der Waals surface area contributed by atoms with Crippen LogP contribution in [0.1, 0.15) is 50.3 Å². The molecule has 0 aliphatic carbocycles. The number of rotatable bonds is 17. The van der Waals surface area contributed by atoms with Crippen LogP contribution in [0.25, 0.3) is 10.9 Å². The van der Waals surface area contributed by atoms with Crippen molar-refractivity contribution in [3.63, 3.8) is 0 Å². The minimum atomic E-state index is -1.31. The van der Waals surface area contributed by atoms with Gasteiger partial charge < -0.3 is 31.2 Å². The average Bonchev–Trinajstić information content (AvgIpc) is 3.46. The molecule has 0 saturated heterocycles. The number of hydrogen-bond acceptors (Lipinski definition) is 8. The molecule has 0 saturated carbocycles. The number of ether oxygens (including phenoxy) is 2. The highest BCUT2D eigenvalue weighted by atomic mass is 16.6. The van der Waals surface area contributed by atoms with E-state index in [-0.39, 0.29) is 32.3 Å². The van der Waals surface area contributed by atoms with E-state index in [0.717, 1.165) is 11.1 Å². The lowest BCUT2D eigenvalue weighted by molar-refractivity contribution is -0.148. The first kappa shape index (κ1) is 38.8. The lowest BCUT2D eigenvalue weighted by Gasteiger charge is -2.26. The van der Waals surface area contributed by atoms with E-state index >= 15 is 0 Å². The summed E-state index contributed by atoms with van der Waals surface area (Å²) in [6, 6.07) is 21.9. The van der Waals surface area contributed by atoms with Crippen LogP contribution in [0.3, 0.4) is 0 Å². The van der Waals surface area contributed by atoms with Crippen molar-refractivity contribution in [2.24, 2.45) is 5.73 Å². The van der Waals surface area contributed by atoms with Crippen LogP contribution in [0, 0.1) is 0 Å². The van der Waals surface area contributed by atoms with Gasteiger partial charge in [-0.05, 0) is 49.9 Å². The van der Waals surface area contributed by atoms with Crippen molar-refractivity contribution in [1.29, 1.82) is 0 Å². The number of alkyl carbamates (subject to hydrolysis) is 1. The molecule has 0 unspecified atom stereocenters. The standard InChI is InChI=1S/C39H45N5O8/c1-39(2,3)52-38(50)43-30(18-19-34(40)46)35(47)41-31(23-28-24-44(25-45)33-17-11-10-16-29(28)33)36(48)42-32(22-27-14-8-5-9-15-27)37(49)51-21-20-26-12-6-4-7-13-26/h4-17,24-25,30-32H,18-23H2,1-3H3,(H2,40,46)(H,41,47)(H,42,48)(H,43,50)/t30-,31+,32-/m0/s1. The molecule has 5 N–H and O–H groups in total. The summed E-state index contributed by atoms with van der Waals surface area (Å²) in [6.07, 6.45) is 1.33. The van der Waals surface area contributed by atoms with Gasteiger partial charge in [-0.25, -0.2) is 9.59 Å². The van der Waals surface area contributed by atoms with Gasteiger partial charge >= 0.3 is 12.1 Å². The van der Waals surface area contributed by atoms with Crippen molar-refractivity contribution in [2.75, 3.05) is 6.61 Å². The number of nitrogens with two attached hydrogens (primary N) is 1. The Morgan fingerprint density at radius 2 is 1.37 bits per heavy atom. The van der Waals surface area contributed by atoms with E-state index < -0.39 is 53.5 Å². The van der Waals surface area contributed by atoms with Gasteiger partial charge in [0, 0.05) is 37.3 Å². The number of hydrogen-bond donors (Lipinski definition) is 4. The van der Waals surface area contributed by atoms with E-state index in [0.29, 0.717) is 29.3 Å². The number of aromatic nitrogens is 1. The fraction of sp³-hybridized carbons (Fsp3) is 0.333. The maximum absolute atomic E-state index is 14.2. The molecule has 1 heterocycles. The number of carbonyl (C=O) groups is 6. The number of primary amides is 1. The Kier molecular flexibility index (Phi) is 13.7. The predicted octanol–water partition coefficient (Wildman–Crippen LogP) is 3.38. The molecule has 3 atom stereocenters. The fourth-order valence-corrected chi connectivity index (χ4v) is 5.56. The molecule has 52 heavy (non-hydrogen) atoms. The molecular formula is C39H45N5O8. The summed E-state index contributed by atoms with van der Waals surface area (Å²) in [4.78, 5) is 77.8. The van der Waals surface area contributed by atoms with Crippen LogP contribution in [0.2, 0.25) is 0 Å². The van der Waals surface area contributed by atoms with E-state index in [4.69, 9.17) is 15.2 Å². The Bertz CT molecular complexity index is 1850. The highest BCUT2D eigenvalue weighted by Gasteiger charge is 2.32. The van der Waals surface area contributed by atoms with Crippen LogP contribution in [0.4, 0.5) is 4.79 Å². The maximum atomic E-state index is 14.2. The van der Waals surface area contributed by atoms with E-state index in [9.17, 15) is 28.8 Å². The molecule has 13 heteroatoms. The zero-order chi connectivity index (χ0) is 37.7. The van der Waals surface area contributed by atoms with Gasteiger partial charge in [-0.1, -0.05) is 78.9 Å². The second-order valence-electron chi connectivity index (χ2n) is 13.3. The highest BCUT2D eigenvalue weighted by molar-refractivity contribution is 5.95. The minimum absolute atomic E-state index is 0.0766. The van der Waals surface area contributed by atoms with E-state index in [1.807, 2.05) is 60.7 Å². The number of carbonyl (C=O) groups excluding carboxylic acids is 6. The van der Waals surface area contributed by atoms with Gasteiger partial charge in [0.15, 0.2) is 0 Å². The third kappa shape index (κ3) is 11.8. The van der Waals surface area contributed by atoms with Gasteiger partial charge in [0.25, 0.3) is 0 Å². The molecule has 4 amide bonds. The second kappa shape index (κ2) is 18.3. The van der Waals surface area contributed by atoms with E-state index in [1.54, 1.807) is 51.2 Å². The summed E-state index contributed by atoms with van der Waals surface area (Å²) in [7, 11) is 0. The van der Waals surface area contributed by atoms with Crippen molar-refractivity contribution < 1.29 is 38.2 Å². The van der Waals surface area contributed by atoms with Crippen LogP contribution in [-0.4, -0.2) is 71.1 Å². The normalized spacial score (nSPS) is 12.9. The zero-order valence-corrected chi connectivity index (χ0v) is 29.5. The summed E-state index contributed by atoms with van der Waals surface area (Å²) < 4.78 is 12.3. The summed E-state index contributed by atoms with van der Waals surface area (Å²) in [5.74, 6) is -2.88. The van der Waals surface area contributed by atoms with Crippen molar-refractivity contribution in [2.45, 2.75) is 76.6 Å². The maximum Gasteiger partial charge on any atom is 0.408 e. The molecule has 3 aromatic carbocycles. The number of nitrogens with zero attached hydrogens (tertiary/aromatic N) is 1. The van der Waals surface area contributed by atoms with Gasteiger partial charge in [0.1, 0.15) is 23.7 Å². The molecule has 4 aromatic rings. The molecule has 1 aromatic heterocycles. The van der Waals surface area contributed by atoms with Crippen LogP contribution >= 0.6 is 0 Å². The van der Waals surface area contributed by atoms with Crippen molar-refractivity contribution in [3.8, 4) is 0 Å². The first-order valence-electron chi connectivity index (χ1n) is 17.0. The van der Waals surface area contributed by atoms with Crippen LogP contribution < -0.4 is 21.7 Å². The van der Waals surface area contributed by atoms with E-state index in [1.165, 1.54) is 4.57 Å². The van der Waals surface area contributed by atoms with Crippen molar-refractivity contribution in [3.05, 3.63) is 108 Å². The number of esters is 1. The summed E-state index contributed by atoms with van der Waals surface area (Å²) >= 11 is 0.